The van der Waals surface area contributed by atoms with E-state index in [2.05, 4.69) is 25.5 Å². The third-order valence-corrected chi connectivity index (χ3v) is 4.31. The lowest BCUT2D eigenvalue weighted by Gasteiger charge is -2.34. The molecule has 1 unspecified atom stereocenters. The maximum Gasteiger partial charge on any atom is 0.280 e. The van der Waals surface area contributed by atoms with Gasteiger partial charge in [0, 0.05) is 24.3 Å². The van der Waals surface area contributed by atoms with Gasteiger partial charge in [-0.25, -0.2) is 9.98 Å². The number of piperidine rings is 1. The van der Waals surface area contributed by atoms with Crippen molar-refractivity contribution in [3.8, 4) is 0 Å². The lowest BCUT2D eigenvalue weighted by atomic mass is 10.0. The zero-order valence-corrected chi connectivity index (χ0v) is 12.2. The highest BCUT2D eigenvalue weighted by molar-refractivity contribution is 6.11. The van der Waals surface area contributed by atoms with E-state index in [1.807, 2.05) is 24.3 Å². The number of anilines is 1. The molecule has 1 aromatic rings. The Kier molecular flexibility index (Phi) is 2.82. The first-order valence-corrected chi connectivity index (χ1v) is 7.57. The molecule has 7 nitrogen and oxygen atoms in total. The number of nitrogens with one attached hydrogen (secondary N) is 2. The number of likely N-dealkylation sites (tertiary alicyclic amines) is 1. The number of rotatable bonds is 0. The number of nitrogens with two attached hydrogens (primary N) is 1. The van der Waals surface area contributed by atoms with Gasteiger partial charge in [0.25, 0.3) is 11.6 Å². The molecule has 1 spiro atoms. The average molecular weight is 298 g/mol. The van der Waals surface area contributed by atoms with Gasteiger partial charge in [-0.15, -0.1) is 0 Å². The molecular weight excluding hydrogens is 280 g/mol. The van der Waals surface area contributed by atoms with Gasteiger partial charge in [0.05, 0.1) is 0 Å². The summed E-state index contributed by atoms with van der Waals surface area (Å²) in [5, 5.41) is 5.86. The largest absolute Gasteiger partial charge is 0.370 e. The summed E-state index contributed by atoms with van der Waals surface area (Å²) in [6.07, 6.45) is 3.46. The third kappa shape index (κ3) is 1.85. The highest BCUT2D eigenvalue weighted by Gasteiger charge is 2.49. The van der Waals surface area contributed by atoms with Crippen molar-refractivity contribution in [2.75, 3.05) is 18.4 Å². The number of benzene rings is 1. The number of carbonyl (C=O) groups excluding carboxylic acids is 1. The summed E-state index contributed by atoms with van der Waals surface area (Å²) in [5.74, 6) is 0.606. The third-order valence-electron chi connectivity index (χ3n) is 4.31. The van der Waals surface area contributed by atoms with Crippen LogP contribution in [0.5, 0.6) is 0 Å². The van der Waals surface area contributed by atoms with Gasteiger partial charge in [0.2, 0.25) is 5.96 Å². The van der Waals surface area contributed by atoms with Crippen molar-refractivity contribution in [3.63, 3.8) is 0 Å². The minimum Gasteiger partial charge on any atom is -0.370 e. The number of fused-ring (bicyclic) bond motifs is 2. The first kappa shape index (κ1) is 13.1. The predicted molar refractivity (Wildman–Crippen MR) is 84.4 cm³/mol. The van der Waals surface area contributed by atoms with E-state index < -0.39 is 5.66 Å². The number of para-hydroxylation sites is 1. The van der Waals surface area contributed by atoms with Crippen LogP contribution in [0, 0.1) is 0 Å². The summed E-state index contributed by atoms with van der Waals surface area (Å²) in [6, 6.07) is 7.48. The molecule has 3 aliphatic heterocycles. The van der Waals surface area contributed by atoms with Crippen LogP contribution in [0.4, 0.5) is 5.69 Å². The normalized spacial score (nSPS) is 26.9. The number of amides is 1. The minimum absolute atomic E-state index is 0.224. The highest BCUT2D eigenvalue weighted by Crippen LogP contribution is 2.41. The fourth-order valence-corrected chi connectivity index (χ4v) is 3.23. The Morgan fingerprint density at radius 2 is 1.86 bits per heavy atom. The average Bonchev–Trinajstić information content (AvgIpc) is 2.80. The topological polar surface area (TPSA) is 95.1 Å². The van der Waals surface area contributed by atoms with E-state index in [0.717, 1.165) is 37.2 Å². The summed E-state index contributed by atoms with van der Waals surface area (Å²) in [7, 11) is 0. The van der Waals surface area contributed by atoms with Crippen LogP contribution in [0.25, 0.3) is 0 Å². The molecule has 3 aliphatic rings. The Hall–Kier alpha value is -2.57. The summed E-state index contributed by atoms with van der Waals surface area (Å²) < 4.78 is 0. The van der Waals surface area contributed by atoms with E-state index in [-0.39, 0.29) is 11.9 Å². The minimum atomic E-state index is -1.29. The Labute approximate surface area is 128 Å². The fraction of sp³-hybridized carbons (Fsp3) is 0.400. The molecule has 7 heteroatoms. The molecule has 1 amide bonds. The fourth-order valence-electron chi connectivity index (χ4n) is 3.23. The molecule has 114 valence electrons. The van der Waals surface area contributed by atoms with Crippen molar-refractivity contribution in [1.82, 2.24) is 10.2 Å². The number of carbonyl (C=O) groups is 1. The number of aliphatic imine (C=N–C) groups is 2. The molecule has 3 heterocycles. The molecule has 1 atom stereocenters. The van der Waals surface area contributed by atoms with Crippen LogP contribution in [0.3, 0.4) is 0 Å². The summed E-state index contributed by atoms with van der Waals surface area (Å²) >= 11 is 0. The van der Waals surface area contributed by atoms with Gasteiger partial charge < -0.3 is 16.0 Å². The van der Waals surface area contributed by atoms with Crippen LogP contribution in [-0.4, -0.2) is 35.8 Å². The highest BCUT2D eigenvalue weighted by atomic mass is 16.2. The Morgan fingerprint density at radius 3 is 2.68 bits per heavy atom. The van der Waals surface area contributed by atoms with E-state index >= 15 is 0 Å². The number of nitrogens with zero attached hydrogens (tertiary/aromatic N) is 3. The van der Waals surface area contributed by atoms with Crippen molar-refractivity contribution in [3.05, 3.63) is 29.8 Å². The van der Waals surface area contributed by atoms with Crippen molar-refractivity contribution in [2.45, 2.75) is 24.9 Å². The summed E-state index contributed by atoms with van der Waals surface area (Å²) in [5.41, 5.74) is 6.16. The molecule has 1 saturated heterocycles. The van der Waals surface area contributed by atoms with Crippen LogP contribution < -0.4 is 16.4 Å². The molecule has 1 fully saturated rings. The molecule has 22 heavy (non-hydrogen) atoms. The van der Waals surface area contributed by atoms with Crippen LogP contribution in [-0.2, 0) is 10.5 Å². The van der Waals surface area contributed by atoms with Gasteiger partial charge in [-0.1, -0.05) is 18.2 Å². The van der Waals surface area contributed by atoms with Crippen molar-refractivity contribution >= 4 is 23.5 Å². The van der Waals surface area contributed by atoms with Crippen molar-refractivity contribution in [1.29, 1.82) is 0 Å². The monoisotopic (exact) mass is 298 g/mol. The zero-order valence-electron chi connectivity index (χ0n) is 12.2. The van der Waals surface area contributed by atoms with E-state index in [4.69, 9.17) is 5.73 Å². The maximum atomic E-state index is 12.6. The quantitative estimate of drug-likeness (QED) is 0.652. The number of hydrogen-bond acceptors (Lipinski definition) is 6. The molecule has 0 aliphatic carbocycles. The maximum absolute atomic E-state index is 12.6. The van der Waals surface area contributed by atoms with E-state index in [9.17, 15) is 4.79 Å². The molecule has 1 aromatic carbocycles. The Bertz CT molecular complexity index is 691. The lowest BCUT2D eigenvalue weighted by Crippen LogP contribution is -2.54. The van der Waals surface area contributed by atoms with Crippen molar-refractivity contribution < 1.29 is 4.79 Å². The summed E-state index contributed by atoms with van der Waals surface area (Å²) in [6.45, 7) is 1.83. The van der Waals surface area contributed by atoms with Crippen LogP contribution in [0.2, 0.25) is 0 Å². The molecule has 0 saturated carbocycles. The standard InChI is InChI=1S/C15H18N6O/c16-13-18-14(21-8-4-1-5-9-21)20-15(19-13)10-6-2-3-7-11(10)17-12(15)22/h2-3,6-7H,1,4-5,8-9H2,(H,17,22)(H3,16,18,19,20). The molecule has 0 bridgehead atoms. The van der Waals surface area contributed by atoms with E-state index in [1.54, 1.807) is 0 Å². The van der Waals surface area contributed by atoms with Crippen LogP contribution in [0.15, 0.2) is 34.3 Å². The molecule has 0 radical (unpaired) electrons. The van der Waals surface area contributed by atoms with Crippen molar-refractivity contribution in [2.24, 2.45) is 15.7 Å². The van der Waals surface area contributed by atoms with Gasteiger partial charge in [-0.05, 0) is 25.3 Å². The SMILES string of the molecule is NC1=NC2(N=C(N3CCCCC3)N1)C(=O)Nc1ccccc12. The predicted octanol–water partition coefficient (Wildman–Crippen LogP) is 0.551. The zero-order chi connectivity index (χ0) is 15.2. The molecule has 4 rings (SSSR count). The van der Waals surface area contributed by atoms with Gasteiger partial charge in [0.15, 0.2) is 5.96 Å². The number of hydrogen-bond donors (Lipinski definition) is 3. The van der Waals surface area contributed by atoms with Crippen LogP contribution >= 0.6 is 0 Å². The Balaban J connectivity index is 1.81. The second-order valence-corrected chi connectivity index (χ2v) is 5.78. The van der Waals surface area contributed by atoms with Gasteiger partial charge in [0.1, 0.15) is 0 Å². The molecular formula is C15H18N6O. The lowest BCUT2D eigenvalue weighted by molar-refractivity contribution is -0.120. The summed E-state index contributed by atoms with van der Waals surface area (Å²) in [4.78, 5) is 23.7. The van der Waals surface area contributed by atoms with Crippen LogP contribution in [0.1, 0.15) is 24.8 Å². The second-order valence-electron chi connectivity index (χ2n) is 5.78. The first-order valence-electron chi connectivity index (χ1n) is 7.57. The second kappa shape index (κ2) is 4.72. The molecule has 4 N–H and O–H groups in total. The van der Waals surface area contributed by atoms with Gasteiger partial charge >= 0.3 is 0 Å². The number of guanidine groups is 2. The van der Waals surface area contributed by atoms with E-state index in [0.29, 0.717) is 5.96 Å². The smallest absolute Gasteiger partial charge is 0.280 e. The van der Waals surface area contributed by atoms with Gasteiger partial charge in [-0.2, -0.15) is 0 Å². The molecule has 0 aromatic heterocycles. The van der Waals surface area contributed by atoms with E-state index in [1.165, 1.54) is 6.42 Å². The first-order chi connectivity index (χ1) is 10.7. The van der Waals surface area contributed by atoms with Gasteiger partial charge in [-0.3, -0.25) is 10.1 Å². The Morgan fingerprint density at radius 1 is 1.09 bits per heavy atom.